The predicted octanol–water partition coefficient (Wildman–Crippen LogP) is 8.30. The fourth-order valence-electron chi connectivity index (χ4n) is 4.62. The quantitative estimate of drug-likeness (QED) is 0.151. The minimum absolute atomic E-state index is 0.0734. The van der Waals surface area contributed by atoms with Gasteiger partial charge < -0.3 is 0 Å². The average Bonchev–Trinajstić information content (AvgIpc) is 3.58. The van der Waals surface area contributed by atoms with Crippen LogP contribution < -0.4 is 0 Å². The lowest BCUT2D eigenvalue weighted by atomic mass is 10.1. The Morgan fingerprint density at radius 3 is 2.17 bits per heavy atom. The fraction of sp³-hybridized carbons (Fsp3) is 0.0571. The number of hydrogen-bond donors (Lipinski definition) is 0. The van der Waals surface area contributed by atoms with Gasteiger partial charge in [-0.2, -0.15) is 5.10 Å². The summed E-state index contributed by atoms with van der Waals surface area (Å²) >= 11 is 1.38. The number of benzene rings is 4. The van der Waals surface area contributed by atoms with Crippen molar-refractivity contribution >= 4 is 34.6 Å². The van der Waals surface area contributed by atoms with E-state index in [9.17, 15) is 4.79 Å². The topological polar surface area (TPSA) is 50.5 Å². The van der Waals surface area contributed by atoms with E-state index in [-0.39, 0.29) is 5.91 Å². The van der Waals surface area contributed by atoms with Crippen molar-refractivity contribution in [3.05, 3.63) is 144 Å². The van der Waals surface area contributed by atoms with Crippen LogP contribution in [0.5, 0.6) is 0 Å². The van der Waals surface area contributed by atoms with E-state index in [0.29, 0.717) is 16.6 Å². The Hall–Kier alpha value is -4.94. The van der Waals surface area contributed by atoms with Gasteiger partial charge in [-0.1, -0.05) is 96.6 Å². The molecule has 5 nitrogen and oxygen atoms in total. The van der Waals surface area contributed by atoms with Crippen LogP contribution in [-0.4, -0.2) is 32.3 Å². The van der Waals surface area contributed by atoms with Gasteiger partial charge in [0, 0.05) is 17.7 Å². The molecule has 4 aromatic carbocycles. The molecule has 1 saturated heterocycles. The van der Waals surface area contributed by atoms with Crippen LogP contribution in [0.1, 0.15) is 11.1 Å². The molecule has 1 aromatic heterocycles. The first kappa shape index (κ1) is 26.3. The highest BCUT2D eigenvalue weighted by Gasteiger charge is 2.32. The molecule has 0 N–H and O–H groups in total. The summed E-state index contributed by atoms with van der Waals surface area (Å²) in [5.41, 5.74) is 7.91. The van der Waals surface area contributed by atoms with Crippen LogP contribution in [-0.2, 0) is 4.79 Å². The van der Waals surface area contributed by atoms with Crippen LogP contribution >= 0.6 is 11.8 Å². The van der Waals surface area contributed by atoms with Gasteiger partial charge in [-0.15, -0.1) is 6.58 Å². The second kappa shape index (κ2) is 11.7. The SMILES string of the molecule is C=CCN1C(=O)/C(=C/c2ccc(-n3nc(-c4ccccc4)cc3-c3ccccc3)cc2)SC1=Nc1ccc(C)cc1. The average molecular weight is 553 g/mol. The molecule has 0 spiro atoms. The molecule has 5 aromatic rings. The number of nitrogens with zero attached hydrogens (tertiary/aromatic N) is 4. The Morgan fingerprint density at radius 1 is 0.854 bits per heavy atom. The zero-order chi connectivity index (χ0) is 28.2. The van der Waals surface area contributed by atoms with Crippen molar-refractivity contribution in [2.45, 2.75) is 6.92 Å². The van der Waals surface area contributed by atoms with E-state index in [1.165, 1.54) is 17.3 Å². The van der Waals surface area contributed by atoms with Crippen LogP contribution in [0.2, 0.25) is 0 Å². The third kappa shape index (κ3) is 5.69. The van der Waals surface area contributed by atoms with Gasteiger partial charge in [0.25, 0.3) is 5.91 Å². The highest BCUT2D eigenvalue weighted by atomic mass is 32.2. The first-order valence-corrected chi connectivity index (χ1v) is 14.2. The zero-order valence-corrected chi connectivity index (χ0v) is 23.5. The maximum absolute atomic E-state index is 13.3. The molecule has 41 heavy (non-hydrogen) atoms. The maximum atomic E-state index is 13.3. The molecule has 0 atom stereocenters. The molecular weight excluding hydrogens is 524 g/mol. The summed E-state index contributed by atoms with van der Waals surface area (Å²) in [7, 11) is 0. The fourth-order valence-corrected chi connectivity index (χ4v) is 5.62. The predicted molar refractivity (Wildman–Crippen MR) is 170 cm³/mol. The molecular formula is C35H28N4OS. The molecule has 0 saturated carbocycles. The molecule has 0 unspecified atom stereocenters. The summed E-state index contributed by atoms with van der Waals surface area (Å²) in [6.07, 6.45) is 3.64. The van der Waals surface area contributed by atoms with E-state index in [1.54, 1.807) is 11.0 Å². The van der Waals surface area contributed by atoms with Crippen LogP contribution in [0.4, 0.5) is 5.69 Å². The summed E-state index contributed by atoms with van der Waals surface area (Å²) in [5.74, 6) is -0.0734. The summed E-state index contributed by atoms with van der Waals surface area (Å²) in [6, 6.07) is 38.6. The summed E-state index contributed by atoms with van der Waals surface area (Å²) in [5, 5.41) is 5.62. The van der Waals surface area contributed by atoms with Crippen molar-refractivity contribution in [1.82, 2.24) is 14.7 Å². The number of carbonyl (C=O) groups is 1. The van der Waals surface area contributed by atoms with Crippen molar-refractivity contribution in [2.24, 2.45) is 4.99 Å². The number of amides is 1. The number of aryl methyl sites for hydroxylation is 1. The lowest BCUT2D eigenvalue weighted by Crippen LogP contribution is -2.29. The summed E-state index contributed by atoms with van der Waals surface area (Å²) in [4.78, 5) is 20.3. The van der Waals surface area contributed by atoms with Gasteiger partial charge in [-0.25, -0.2) is 9.67 Å². The molecule has 0 aliphatic carbocycles. The Kier molecular flexibility index (Phi) is 7.48. The summed E-state index contributed by atoms with van der Waals surface area (Å²) in [6.45, 7) is 6.26. The molecule has 6 rings (SSSR count). The van der Waals surface area contributed by atoms with Gasteiger partial charge in [0.1, 0.15) is 0 Å². The number of carbonyl (C=O) groups excluding carboxylic acids is 1. The third-order valence-electron chi connectivity index (χ3n) is 6.74. The normalized spacial score (nSPS) is 15.1. The van der Waals surface area contributed by atoms with Gasteiger partial charge in [0.15, 0.2) is 5.17 Å². The van der Waals surface area contributed by atoms with Crippen LogP contribution in [0.3, 0.4) is 0 Å². The van der Waals surface area contributed by atoms with Crippen LogP contribution in [0, 0.1) is 6.92 Å². The molecule has 2 heterocycles. The first-order valence-electron chi connectivity index (χ1n) is 13.4. The second-order valence-electron chi connectivity index (χ2n) is 9.70. The highest BCUT2D eigenvalue weighted by Crippen LogP contribution is 2.35. The van der Waals surface area contributed by atoms with E-state index < -0.39 is 0 Å². The molecule has 1 fully saturated rings. The maximum Gasteiger partial charge on any atom is 0.267 e. The van der Waals surface area contributed by atoms with Crippen molar-refractivity contribution < 1.29 is 4.79 Å². The number of amidine groups is 1. The van der Waals surface area contributed by atoms with Gasteiger partial charge in [0.05, 0.1) is 27.7 Å². The molecule has 1 aliphatic heterocycles. The third-order valence-corrected chi connectivity index (χ3v) is 7.75. The molecule has 0 radical (unpaired) electrons. The Morgan fingerprint density at radius 2 is 1.51 bits per heavy atom. The van der Waals surface area contributed by atoms with Crippen molar-refractivity contribution in [2.75, 3.05) is 6.54 Å². The standard InChI is InChI=1S/C35H28N4OS/c1-3-22-38-34(40)33(41-35(38)36-29-18-14-25(2)15-19-29)23-26-16-20-30(21-17-26)39-32(28-12-8-5-9-13-28)24-31(37-39)27-10-6-4-7-11-27/h3-21,23-24H,1,22H2,2H3/b33-23-,36-35?. The van der Waals surface area contributed by atoms with Crippen LogP contribution in [0.15, 0.2) is 138 Å². The van der Waals surface area contributed by atoms with Gasteiger partial charge >= 0.3 is 0 Å². The summed E-state index contributed by atoms with van der Waals surface area (Å²) < 4.78 is 1.97. The lowest BCUT2D eigenvalue weighted by molar-refractivity contribution is -0.121. The number of aliphatic imine (C=N–C) groups is 1. The highest BCUT2D eigenvalue weighted by molar-refractivity contribution is 8.18. The second-order valence-corrected chi connectivity index (χ2v) is 10.7. The Labute approximate surface area is 244 Å². The van der Waals surface area contributed by atoms with Gasteiger partial charge in [0.2, 0.25) is 0 Å². The van der Waals surface area contributed by atoms with Gasteiger partial charge in [-0.05, 0) is 60.7 Å². The molecule has 1 aliphatic rings. The van der Waals surface area contributed by atoms with E-state index in [1.807, 2.05) is 103 Å². The largest absolute Gasteiger partial charge is 0.283 e. The lowest BCUT2D eigenvalue weighted by Gasteiger charge is -2.12. The molecule has 1 amide bonds. The first-order chi connectivity index (χ1) is 20.1. The number of rotatable bonds is 7. The smallest absolute Gasteiger partial charge is 0.267 e. The number of aromatic nitrogens is 2. The van der Waals surface area contributed by atoms with Crippen molar-refractivity contribution in [3.8, 4) is 28.2 Å². The van der Waals surface area contributed by atoms with Crippen molar-refractivity contribution in [1.29, 1.82) is 0 Å². The minimum Gasteiger partial charge on any atom is -0.283 e. The minimum atomic E-state index is -0.0734. The Bertz CT molecular complexity index is 1750. The van der Waals surface area contributed by atoms with E-state index in [2.05, 4.69) is 36.9 Å². The van der Waals surface area contributed by atoms with Crippen molar-refractivity contribution in [3.63, 3.8) is 0 Å². The number of thioether (sulfide) groups is 1. The zero-order valence-electron chi connectivity index (χ0n) is 22.6. The molecule has 200 valence electrons. The van der Waals surface area contributed by atoms with Gasteiger partial charge in [-0.3, -0.25) is 9.69 Å². The Balaban J connectivity index is 1.32. The van der Waals surface area contributed by atoms with Crippen LogP contribution in [0.25, 0.3) is 34.3 Å². The monoisotopic (exact) mass is 552 g/mol. The number of hydrogen-bond acceptors (Lipinski definition) is 4. The molecule has 0 bridgehead atoms. The van der Waals surface area contributed by atoms with E-state index >= 15 is 0 Å². The van der Waals surface area contributed by atoms with E-state index in [0.717, 1.165) is 39.5 Å². The molecule has 6 heteroatoms. The van der Waals surface area contributed by atoms with E-state index in [4.69, 9.17) is 10.1 Å².